The molecule has 4 aromatic rings. The lowest BCUT2D eigenvalue weighted by atomic mass is 9.66. The summed E-state index contributed by atoms with van der Waals surface area (Å²) in [4.78, 5) is 13.8. The van der Waals surface area contributed by atoms with E-state index < -0.39 is 22.7 Å². The van der Waals surface area contributed by atoms with Gasteiger partial charge in [0.2, 0.25) is 5.82 Å². The first-order valence-electron chi connectivity index (χ1n) is 11.8. The highest BCUT2D eigenvalue weighted by Gasteiger charge is 2.65. The normalized spacial score (nSPS) is 22.1. The molecule has 0 saturated heterocycles. The molecule has 0 spiro atoms. The van der Waals surface area contributed by atoms with E-state index in [-0.39, 0.29) is 22.6 Å². The number of rotatable bonds is 4. The van der Waals surface area contributed by atoms with Gasteiger partial charge in [-0.2, -0.15) is 10.2 Å². The largest absolute Gasteiger partial charge is 0.382 e. The Morgan fingerprint density at radius 1 is 1.06 bits per heavy atom. The Labute approximate surface area is 206 Å². The molecule has 36 heavy (non-hydrogen) atoms. The second-order valence-corrected chi connectivity index (χ2v) is 10.7. The zero-order chi connectivity index (χ0) is 25.5. The summed E-state index contributed by atoms with van der Waals surface area (Å²) in [5.41, 5.74) is 0.867. The number of hydrogen-bond acceptors (Lipinski definition) is 7. The van der Waals surface area contributed by atoms with Crippen LogP contribution in [0, 0.1) is 17.0 Å². The molecule has 2 bridgehead atoms. The van der Waals surface area contributed by atoms with Crippen molar-refractivity contribution in [1.29, 1.82) is 0 Å². The van der Waals surface area contributed by atoms with Crippen molar-refractivity contribution >= 4 is 0 Å². The first-order chi connectivity index (χ1) is 17.0. The molecule has 8 nitrogen and oxygen atoms in total. The van der Waals surface area contributed by atoms with Gasteiger partial charge in [-0.1, -0.05) is 19.9 Å². The number of H-pyrrole nitrogens is 1. The van der Waals surface area contributed by atoms with E-state index in [1.165, 1.54) is 18.2 Å². The molecule has 6 rings (SSSR count). The number of nitrogens with one attached hydrogen (secondary N) is 1. The molecule has 2 aliphatic carbocycles. The van der Waals surface area contributed by atoms with Crippen LogP contribution in [0.2, 0.25) is 0 Å². The van der Waals surface area contributed by atoms with Crippen LogP contribution in [0.1, 0.15) is 69.2 Å². The van der Waals surface area contributed by atoms with Gasteiger partial charge in [-0.25, -0.2) is 18.7 Å². The van der Waals surface area contributed by atoms with E-state index >= 15 is 0 Å². The Morgan fingerprint density at radius 3 is 2.50 bits per heavy atom. The van der Waals surface area contributed by atoms with Crippen LogP contribution in [0.4, 0.5) is 8.78 Å². The third-order valence-corrected chi connectivity index (χ3v) is 7.97. The molecule has 1 saturated carbocycles. The summed E-state index contributed by atoms with van der Waals surface area (Å²) in [6, 6.07) is 5.55. The molecule has 2 atom stereocenters. The van der Waals surface area contributed by atoms with E-state index in [1.807, 2.05) is 0 Å². The van der Waals surface area contributed by atoms with E-state index in [4.69, 9.17) is 4.98 Å². The van der Waals surface area contributed by atoms with Gasteiger partial charge in [0.1, 0.15) is 22.9 Å². The molecular weight excluding hydrogens is 464 g/mol. The SMILES string of the molecule is CC(C)(O)c1nc(-c2cncc([C@@]34CC[C@@H](c5cc(-c6c(F)cccc6F)nnc53)C4(C)C)n2)n[nH]1. The number of benzene rings is 1. The number of halogens is 2. The lowest BCUT2D eigenvalue weighted by molar-refractivity contribution is 0.0692. The first-order valence-corrected chi connectivity index (χ1v) is 11.8. The highest BCUT2D eigenvalue weighted by atomic mass is 19.1. The number of aliphatic hydroxyl groups is 1. The van der Waals surface area contributed by atoms with Gasteiger partial charge in [0.15, 0.2) is 5.82 Å². The number of nitrogens with zero attached hydrogens (tertiary/aromatic N) is 6. The number of aromatic nitrogens is 7. The second-order valence-electron chi connectivity index (χ2n) is 10.7. The highest BCUT2D eigenvalue weighted by molar-refractivity contribution is 5.64. The average molecular weight is 490 g/mol. The monoisotopic (exact) mass is 489 g/mol. The number of fused-ring (bicyclic) bond motifs is 5. The fourth-order valence-corrected chi connectivity index (χ4v) is 6.09. The van der Waals surface area contributed by atoms with Gasteiger partial charge < -0.3 is 5.11 Å². The molecule has 2 N–H and O–H groups in total. The van der Waals surface area contributed by atoms with Gasteiger partial charge >= 0.3 is 0 Å². The van der Waals surface area contributed by atoms with Gasteiger partial charge in [0, 0.05) is 6.20 Å². The van der Waals surface area contributed by atoms with Crippen LogP contribution in [0.15, 0.2) is 36.7 Å². The van der Waals surface area contributed by atoms with E-state index in [0.29, 0.717) is 17.3 Å². The maximum atomic E-state index is 14.5. The summed E-state index contributed by atoms with van der Waals surface area (Å²) < 4.78 is 29.0. The fraction of sp³-hybridized carbons (Fsp3) is 0.385. The topological polar surface area (TPSA) is 113 Å². The molecule has 0 radical (unpaired) electrons. The predicted molar refractivity (Wildman–Crippen MR) is 127 cm³/mol. The summed E-state index contributed by atoms with van der Waals surface area (Å²) in [7, 11) is 0. The van der Waals surface area contributed by atoms with Crippen LogP contribution >= 0.6 is 0 Å². The van der Waals surface area contributed by atoms with Gasteiger partial charge in [-0.15, -0.1) is 5.10 Å². The second kappa shape index (κ2) is 7.42. The minimum Gasteiger partial charge on any atom is -0.382 e. The Hall–Kier alpha value is -3.66. The Kier molecular flexibility index (Phi) is 4.70. The smallest absolute Gasteiger partial charge is 0.201 e. The third-order valence-electron chi connectivity index (χ3n) is 7.97. The van der Waals surface area contributed by atoms with Crippen LogP contribution in [0.5, 0.6) is 0 Å². The molecule has 10 heteroatoms. The maximum Gasteiger partial charge on any atom is 0.201 e. The summed E-state index contributed by atoms with van der Waals surface area (Å²) in [5, 5.41) is 26.1. The third kappa shape index (κ3) is 3.00. The molecule has 184 valence electrons. The summed E-state index contributed by atoms with van der Waals surface area (Å²) in [6.45, 7) is 7.58. The highest BCUT2D eigenvalue weighted by Crippen LogP contribution is 2.69. The summed E-state index contributed by atoms with van der Waals surface area (Å²) >= 11 is 0. The quantitative estimate of drug-likeness (QED) is 0.436. The molecule has 1 aromatic carbocycles. The van der Waals surface area contributed by atoms with Crippen LogP contribution in [-0.2, 0) is 11.0 Å². The Morgan fingerprint density at radius 2 is 1.81 bits per heavy atom. The first kappa shape index (κ1) is 22.8. The molecule has 1 fully saturated rings. The van der Waals surface area contributed by atoms with Crippen molar-refractivity contribution in [3.63, 3.8) is 0 Å². The minimum absolute atomic E-state index is 0.118. The van der Waals surface area contributed by atoms with E-state index in [2.05, 4.69) is 44.2 Å². The van der Waals surface area contributed by atoms with Crippen molar-refractivity contribution in [2.45, 2.75) is 57.5 Å². The molecule has 0 aliphatic heterocycles. The summed E-state index contributed by atoms with van der Waals surface area (Å²) in [5.74, 6) is -0.560. The van der Waals surface area contributed by atoms with Gasteiger partial charge in [-0.05, 0) is 61.8 Å². The van der Waals surface area contributed by atoms with E-state index in [1.54, 1.807) is 32.3 Å². The predicted octanol–water partition coefficient (Wildman–Crippen LogP) is 4.43. The molecule has 3 aromatic heterocycles. The van der Waals surface area contributed by atoms with Crippen molar-refractivity contribution in [3.05, 3.63) is 71.1 Å². The average Bonchev–Trinajstić information content (AvgIpc) is 3.48. The fourth-order valence-electron chi connectivity index (χ4n) is 6.09. The van der Waals surface area contributed by atoms with Crippen molar-refractivity contribution in [3.8, 4) is 22.8 Å². The van der Waals surface area contributed by atoms with Crippen molar-refractivity contribution < 1.29 is 13.9 Å². The molecule has 0 unspecified atom stereocenters. The Balaban J connectivity index is 1.48. The zero-order valence-electron chi connectivity index (χ0n) is 20.3. The zero-order valence-corrected chi connectivity index (χ0v) is 20.3. The van der Waals surface area contributed by atoms with Crippen LogP contribution < -0.4 is 0 Å². The van der Waals surface area contributed by atoms with Crippen molar-refractivity contribution in [2.24, 2.45) is 5.41 Å². The lowest BCUT2D eigenvalue weighted by Gasteiger charge is -2.37. The number of aromatic amines is 1. The van der Waals surface area contributed by atoms with Crippen molar-refractivity contribution in [2.75, 3.05) is 0 Å². The van der Waals surface area contributed by atoms with Crippen molar-refractivity contribution in [1.82, 2.24) is 35.3 Å². The maximum absolute atomic E-state index is 14.5. The van der Waals surface area contributed by atoms with Gasteiger partial charge in [0.05, 0.1) is 34.3 Å². The minimum atomic E-state index is -1.18. The van der Waals surface area contributed by atoms with Crippen LogP contribution in [0.3, 0.4) is 0 Å². The molecular formula is C26H25F2N7O. The lowest BCUT2D eigenvalue weighted by Crippen LogP contribution is -2.38. The van der Waals surface area contributed by atoms with Gasteiger partial charge in [-0.3, -0.25) is 10.1 Å². The molecule has 2 aliphatic rings. The standard InChI is InChI=1S/C26H25F2N7O/c1-24(2)14-8-9-26(24,19-12-29-11-18(30-19)22-31-23(35-34-22)25(3,4)36)21-13(14)10-17(32-33-21)20-15(27)6-5-7-16(20)28/h5-7,10-12,14,36H,8-9H2,1-4H3,(H,31,34,35)/t14-,26-/m0/s1. The van der Waals surface area contributed by atoms with Crippen LogP contribution in [-0.4, -0.2) is 40.5 Å². The molecule has 3 heterocycles. The van der Waals surface area contributed by atoms with E-state index in [9.17, 15) is 13.9 Å². The van der Waals surface area contributed by atoms with Gasteiger partial charge in [0.25, 0.3) is 0 Å². The number of hydrogen-bond donors (Lipinski definition) is 2. The van der Waals surface area contributed by atoms with Crippen LogP contribution in [0.25, 0.3) is 22.8 Å². The Bertz CT molecular complexity index is 1490. The van der Waals surface area contributed by atoms with E-state index in [0.717, 1.165) is 29.8 Å². The summed E-state index contributed by atoms with van der Waals surface area (Å²) in [6.07, 6.45) is 4.99. The molecule has 0 amide bonds.